The molecule has 2 aromatic heterocycles. The van der Waals surface area contributed by atoms with Crippen LogP contribution in [0.25, 0.3) is 27.6 Å². The van der Waals surface area contributed by atoms with Gasteiger partial charge in [0.25, 0.3) is 0 Å². The van der Waals surface area contributed by atoms with Crippen LogP contribution in [0.1, 0.15) is 64.0 Å². The molecule has 4 fully saturated rings. The molecule has 0 amide bonds. The average Bonchev–Trinajstić information content (AvgIpc) is 3.91. The third-order valence-corrected chi connectivity index (χ3v) is 21.8. The molecule has 0 atom stereocenters. The zero-order valence-electron chi connectivity index (χ0n) is 44.4. The van der Waals surface area contributed by atoms with Gasteiger partial charge in [0.1, 0.15) is 24.0 Å². The van der Waals surface area contributed by atoms with E-state index in [9.17, 15) is 0 Å². The van der Waals surface area contributed by atoms with Gasteiger partial charge < -0.3 is 19.3 Å². The maximum Gasteiger partial charge on any atom is 0.316 e. The summed E-state index contributed by atoms with van der Waals surface area (Å²) in [7, 11) is -3.46. The van der Waals surface area contributed by atoms with Crippen molar-refractivity contribution in [3.8, 4) is 17.3 Å². The lowest BCUT2D eigenvalue weighted by atomic mass is 9.33. The number of para-hydroxylation sites is 4. The fourth-order valence-corrected chi connectivity index (χ4v) is 18.1. The van der Waals surface area contributed by atoms with E-state index in [0.29, 0.717) is 11.8 Å². The lowest BCUT2D eigenvalue weighted by Gasteiger charge is -2.63. The quantitative estimate of drug-likeness (QED) is 0.135. The fourth-order valence-electron chi connectivity index (χ4n) is 14.8. The summed E-state index contributed by atoms with van der Waals surface area (Å²) in [5.74, 6) is 7.99. The van der Waals surface area contributed by atoms with Gasteiger partial charge in [-0.25, -0.2) is 4.98 Å². The van der Waals surface area contributed by atoms with Crippen LogP contribution in [0, 0.1) is 23.7 Å². The molecule has 9 heteroatoms. The Bertz CT molecular complexity index is 3430. The summed E-state index contributed by atoms with van der Waals surface area (Å²) in [6.45, 7) is 22.8. The second-order valence-electron chi connectivity index (χ2n) is 25.4. The van der Waals surface area contributed by atoms with Gasteiger partial charge in [0, 0.05) is 45.9 Å². The first-order valence-electron chi connectivity index (χ1n) is 27.2. The first-order valence-corrected chi connectivity index (χ1v) is 34.2. The van der Waals surface area contributed by atoms with Crippen LogP contribution in [0.15, 0.2) is 170 Å². The van der Waals surface area contributed by atoms with Gasteiger partial charge in [-0.2, -0.15) is 0 Å². The third kappa shape index (κ3) is 7.57. The van der Waals surface area contributed by atoms with Gasteiger partial charge in [-0.05, 0) is 162 Å². The molecule has 4 bridgehead atoms. The van der Waals surface area contributed by atoms with Gasteiger partial charge in [0.05, 0.1) is 38.6 Å². The standard InChI is InChI=1S/C64H70BN5OSi2/c1-63(2,3)46-37-49(68-42-69(56-21-13-12-20-55(56)68)62-58(72(4,5)6)22-16-23-59(62)73(7,8)9)40-51(38-46)71-50-25-26-53-52-18-10-11-19-54(52)70(57(53)41-50)61-39-45(27-29-66-61)64(47-33-43-32-44(35-47)36-48(64)34-43)60-24-17-31-67-30-15-14-28-65(60)67/h10-31,37-41,43-44,47-48H,32-36,42H2,1-9H3. The Morgan fingerprint density at radius 3 is 2.01 bits per heavy atom. The van der Waals surface area contributed by atoms with Crippen LogP contribution in [0.4, 0.5) is 22.7 Å². The maximum absolute atomic E-state index is 7.17. The molecule has 5 heterocycles. The number of ether oxygens (including phenoxy) is 1. The molecule has 0 spiro atoms. The second kappa shape index (κ2) is 16.9. The highest BCUT2D eigenvalue weighted by Crippen LogP contribution is 2.66. The van der Waals surface area contributed by atoms with Crippen LogP contribution in [-0.2, 0) is 10.8 Å². The highest BCUT2D eigenvalue weighted by molar-refractivity contribution is 6.93. The molecule has 4 aliphatic carbocycles. The molecule has 3 aliphatic heterocycles. The van der Waals surface area contributed by atoms with E-state index < -0.39 is 16.1 Å². The summed E-state index contributed by atoms with van der Waals surface area (Å²) in [5.41, 5.74) is 11.4. The summed E-state index contributed by atoms with van der Waals surface area (Å²) < 4.78 is 9.58. The number of rotatable bonds is 9. The second-order valence-corrected chi connectivity index (χ2v) is 35.5. The van der Waals surface area contributed by atoms with Gasteiger partial charge in [0.2, 0.25) is 0 Å². The van der Waals surface area contributed by atoms with Crippen molar-refractivity contribution in [1.29, 1.82) is 0 Å². The molecule has 0 N–H and O–H groups in total. The van der Waals surface area contributed by atoms with E-state index in [1.54, 1.807) is 5.47 Å². The Kier molecular flexibility index (Phi) is 10.7. The first-order chi connectivity index (χ1) is 35.0. The number of pyridine rings is 1. The normalized spacial score (nSPS) is 23.2. The zero-order chi connectivity index (χ0) is 50.2. The minimum absolute atomic E-state index is 0.0572. The van der Waals surface area contributed by atoms with Gasteiger partial charge in [-0.1, -0.05) is 132 Å². The molecule has 0 saturated heterocycles. The van der Waals surface area contributed by atoms with E-state index in [4.69, 9.17) is 9.72 Å². The Morgan fingerprint density at radius 2 is 1.30 bits per heavy atom. The van der Waals surface area contributed by atoms with Gasteiger partial charge in [0.15, 0.2) is 0 Å². The van der Waals surface area contributed by atoms with Crippen LogP contribution in [0.2, 0.25) is 39.3 Å². The number of hydrogen-bond acceptors (Lipinski definition) is 5. The van der Waals surface area contributed by atoms with E-state index in [-0.39, 0.29) is 17.7 Å². The molecule has 6 nitrogen and oxygen atoms in total. The minimum atomic E-state index is -1.73. The summed E-state index contributed by atoms with van der Waals surface area (Å²) in [4.78, 5) is 12.9. The van der Waals surface area contributed by atoms with Crippen LogP contribution in [0.3, 0.4) is 0 Å². The summed E-state index contributed by atoms with van der Waals surface area (Å²) in [5, 5.41) is 5.48. The Morgan fingerprint density at radius 1 is 0.630 bits per heavy atom. The van der Waals surface area contributed by atoms with Crippen molar-refractivity contribution >= 4 is 77.9 Å². The van der Waals surface area contributed by atoms with Gasteiger partial charge >= 0.3 is 6.85 Å². The SMILES string of the molecule is CC(C)(C)c1cc(Oc2ccc3c4ccccc4n(-c4cc(C5(C6=CC=CN7C=CC=CB67)C6CC7CC(C6)CC5C7)ccn4)c3c2)cc(N2CN(c3c([Si](C)(C)C)cccc3[Si](C)(C)C)c3ccccc32)c1. The highest BCUT2D eigenvalue weighted by atomic mass is 28.3. The lowest BCUT2D eigenvalue weighted by molar-refractivity contribution is -0.0411. The molecule has 368 valence electrons. The topological polar surface area (TPSA) is 36.8 Å². The lowest BCUT2D eigenvalue weighted by Crippen LogP contribution is -2.60. The van der Waals surface area contributed by atoms with E-state index in [2.05, 4.69) is 243 Å². The van der Waals surface area contributed by atoms with Crippen LogP contribution in [-0.4, -0.2) is 44.0 Å². The molecule has 5 aromatic carbocycles. The van der Waals surface area contributed by atoms with Crippen molar-refractivity contribution < 1.29 is 4.74 Å². The number of benzene rings is 5. The number of fused-ring (bicyclic) bond motifs is 5. The Hall–Kier alpha value is -6.29. The first kappa shape index (κ1) is 46.5. The van der Waals surface area contributed by atoms with Crippen LogP contribution >= 0.6 is 0 Å². The zero-order valence-corrected chi connectivity index (χ0v) is 46.4. The van der Waals surface area contributed by atoms with Crippen molar-refractivity contribution in [2.24, 2.45) is 23.7 Å². The Labute approximate surface area is 435 Å². The fraction of sp³-hybridized carbons (Fsp3) is 0.328. The number of anilines is 4. The van der Waals surface area contributed by atoms with Gasteiger partial charge in [-0.15, -0.1) is 0 Å². The monoisotopic (exact) mass is 992 g/mol. The summed E-state index contributed by atoms with van der Waals surface area (Å²) in [6.07, 6.45) is 22.6. The highest BCUT2D eigenvalue weighted by Gasteiger charge is 2.61. The van der Waals surface area contributed by atoms with E-state index >= 15 is 0 Å². The smallest absolute Gasteiger partial charge is 0.316 e. The molecule has 4 saturated carbocycles. The third-order valence-electron chi connectivity index (χ3n) is 17.8. The van der Waals surface area contributed by atoms with Crippen molar-refractivity contribution in [2.45, 2.75) is 103 Å². The molecular weight excluding hydrogens is 922 g/mol. The molecule has 0 radical (unpaired) electrons. The number of allylic oxidation sites excluding steroid dienone is 5. The predicted octanol–water partition coefficient (Wildman–Crippen LogP) is 15.2. The average molecular weight is 992 g/mol. The molecule has 7 aliphatic rings. The summed E-state index contributed by atoms with van der Waals surface area (Å²) in [6, 6.07) is 43.5. The molecule has 73 heavy (non-hydrogen) atoms. The predicted molar refractivity (Wildman–Crippen MR) is 314 cm³/mol. The van der Waals surface area contributed by atoms with Crippen LogP contribution in [0.5, 0.6) is 11.5 Å². The Balaban J connectivity index is 0.912. The number of nitrogens with zero attached hydrogens (tertiary/aromatic N) is 5. The van der Waals surface area contributed by atoms with E-state index in [1.165, 1.54) is 81.4 Å². The maximum atomic E-state index is 7.17. The van der Waals surface area contributed by atoms with Crippen LogP contribution < -0.4 is 24.9 Å². The summed E-state index contributed by atoms with van der Waals surface area (Å²) >= 11 is 0. The van der Waals surface area contributed by atoms with Crippen molar-refractivity contribution in [3.63, 3.8) is 0 Å². The molecule has 7 aromatic rings. The molecule has 14 rings (SSSR count). The van der Waals surface area contributed by atoms with Crippen molar-refractivity contribution in [3.05, 3.63) is 181 Å². The number of aromatic nitrogens is 2. The van der Waals surface area contributed by atoms with Crippen molar-refractivity contribution in [2.75, 3.05) is 16.5 Å². The molecular formula is C64H70BN5OSi2. The minimum Gasteiger partial charge on any atom is -0.457 e. The van der Waals surface area contributed by atoms with E-state index in [1.807, 2.05) is 0 Å². The molecule has 0 unspecified atom stereocenters. The largest absolute Gasteiger partial charge is 0.457 e. The van der Waals surface area contributed by atoms with Crippen molar-refractivity contribution in [1.82, 2.24) is 14.4 Å². The van der Waals surface area contributed by atoms with E-state index in [0.717, 1.165) is 52.5 Å². The van der Waals surface area contributed by atoms with Gasteiger partial charge in [-0.3, -0.25) is 4.57 Å². The number of hydrogen-bond donors (Lipinski definition) is 0.